The molecule has 0 spiro atoms. The molecule has 2 aromatic rings. The van der Waals surface area contributed by atoms with Crippen LogP contribution >= 0.6 is 11.6 Å². The molecule has 0 amide bonds. The number of alkyl halides is 1. The lowest BCUT2D eigenvalue weighted by atomic mass is 9.90. The van der Waals surface area contributed by atoms with Crippen molar-refractivity contribution in [3.63, 3.8) is 0 Å². The van der Waals surface area contributed by atoms with E-state index in [0.29, 0.717) is 5.56 Å². The fourth-order valence-corrected chi connectivity index (χ4v) is 4.69. The predicted molar refractivity (Wildman–Crippen MR) is 82.6 cm³/mol. The molecule has 0 fully saturated rings. The Labute approximate surface area is 124 Å². The van der Waals surface area contributed by atoms with Crippen molar-refractivity contribution in [3.8, 4) is 11.1 Å². The second-order valence-corrected chi connectivity index (χ2v) is 8.05. The molecule has 1 atom stereocenters. The topological polar surface area (TPSA) is 34.1 Å². The molecule has 1 aliphatic heterocycles. The van der Waals surface area contributed by atoms with Gasteiger partial charge in [0, 0.05) is 0 Å². The van der Waals surface area contributed by atoms with Crippen molar-refractivity contribution in [2.75, 3.05) is 0 Å². The van der Waals surface area contributed by atoms with Gasteiger partial charge in [-0.25, -0.2) is 8.42 Å². The van der Waals surface area contributed by atoms with Crippen molar-refractivity contribution in [3.05, 3.63) is 58.7 Å². The van der Waals surface area contributed by atoms with Gasteiger partial charge in [-0.2, -0.15) is 0 Å². The Morgan fingerprint density at radius 3 is 2.30 bits per heavy atom. The summed E-state index contributed by atoms with van der Waals surface area (Å²) >= 11 is 6.27. The van der Waals surface area contributed by atoms with Gasteiger partial charge < -0.3 is 0 Å². The normalized spacial score (nSPS) is 19.9. The van der Waals surface area contributed by atoms with E-state index in [1.54, 1.807) is 0 Å². The fourth-order valence-electron chi connectivity index (χ4n) is 2.91. The summed E-state index contributed by atoms with van der Waals surface area (Å²) < 4.78 is 23.9. The molecule has 0 radical (unpaired) electrons. The summed E-state index contributed by atoms with van der Waals surface area (Å²) in [6, 6.07) is 11.5. The number of rotatable bonds is 0. The predicted octanol–water partition coefficient (Wildman–Crippen LogP) is 4.14. The third-order valence-electron chi connectivity index (χ3n) is 3.83. The Balaban J connectivity index is 2.49. The second-order valence-electron chi connectivity index (χ2n) is 5.27. The maximum atomic E-state index is 12.4. The summed E-state index contributed by atoms with van der Waals surface area (Å²) in [4.78, 5) is 0. The van der Waals surface area contributed by atoms with E-state index in [-0.39, 0.29) is 5.75 Å². The molecule has 2 nitrogen and oxygen atoms in total. The molecule has 0 unspecified atom stereocenters. The standard InChI is InChI=1S/C16H15ClO2S/c1-10-5-3-7-12-9-20(18,19)16(17)13-8-4-6-11(2)15(13)14(10)12/h3-8,16H,9H2,1-2H3/t16-/m0/s1. The number of sulfone groups is 1. The van der Waals surface area contributed by atoms with Crippen LogP contribution in [0.5, 0.6) is 0 Å². The molecule has 0 N–H and O–H groups in total. The van der Waals surface area contributed by atoms with Gasteiger partial charge in [-0.1, -0.05) is 36.4 Å². The number of hydrogen-bond donors (Lipinski definition) is 0. The Morgan fingerprint density at radius 1 is 1.00 bits per heavy atom. The zero-order valence-electron chi connectivity index (χ0n) is 11.4. The van der Waals surface area contributed by atoms with Crippen molar-refractivity contribution in [2.45, 2.75) is 24.3 Å². The van der Waals surface area contributed by atoms with Gasteiger partial charge in [0.05, 0.1) is 5.75 Å². The highest BCUT2D eigenvalue weighted by Gasteiger charge is 2.33. The summed E-state index contributed by atoms with van der Waals surface area (Å²) in [7, 11) is -3.39. The Morgan fingerprint density at radius 2 is 1.60 bits per heavy atom. The molecule has 20 heavy (non-hydrogen) atoms. The van der Waals surface area contributed by atoms with Crippen LogP contribution in [0, 0.1) is 13.8 Å². The highest BCUT2D eigenvalue weighted by atomic mass is 35.5. The van der Waals surface area contributed by atoms with Crippen molar-refractivity contribution in [2.24, 2.45) is 0 Å². The van der Waals surface area contributed by atoms with Gasteiger partial charge in [-0.3, -0.25) is 0 Å². The van der Waals surface area contributed by atoms with E-state index in [2.05, 4.69) is 0 Å². The third-order valence-corrected chi connectivity index (χ3v) is 6.48. The lowest BCUT2D eigenvalue weighted by Crippen LogP contribution is -2.09. The van der Waals surface area contributed by atoms with Crippen LogP contribution in [-0.2, 0) is 15.6 Å². The Hall–Kier alpha value is -1.32. The minimum absolute atomic E-state index is 0.00764. The molecule has 0 bridgehead atoms. The highest BCUT2D eigenvalue weighted by molar-refractivity contribution is 7.92. The third kappa shape index (κ3) is 1.97. The molecule has 3 rings (SSSR count). The number of aryl methyl sites for hydroxylation is 2. The van der Waals surface area contributed by atoms with Gasteiger partial charge in [0.1, 0.15) is 0 Å². The van der Waals surface area contributed by atoms with Crippen molar-refractivity contribution in [1.82, 2.24) is 0 Å². The summed E-state index contributed by atoms with van der Waals surface area (Å²) in [5.74, 6) is -0.00764. The molecule has 0 aliphatic carbocycles. The lowest BCUT2D eigenvalue weighted by molar-refractivity contribution is 0.593. The lowest BCUT2D eigenvalue weighted by Gasteiger charge is -2.15. The molecule has 0 saturated heterocycles. The quantitative estimate of drug-likeness (QED) is 0.686. The molecule has 104 valence electrons. The van der Waals surface area contributed by atoms with E-state index in [1.165, 1.54) is 0 Å². The van der Waals surface area contributed by atoms with E-state index in [1.807, 2.05) is 50.2 Å². The first kappa shape index (κ1) is 13.7. The fraction of sp³-hybridized carbons (Fsp3) is 0.250. The molecule has 2 aromatic carbocycles. The van der Waals surface area contributed by atoms with Gasteiger partial charge >= 0.3 is 0 Å². The smallest absolute Gasteiger partial charge is 0.175 e. The molecular formula is C16H15ClO2S. The molecule has 0 saturated carbocycles. The minimum Gasteiger partial charge on any atom is -0.227 e. The summed E-state index contributed by atoms with van der Waals surface area (Å²) in [6.07, 6.45) is 0. The second kappa shape index (κ2) is 4.61. The van der Waals surface area contributed by atoms with Crippen LogP contribution < -0.4 is 0 Å². The van der Waals surface area contributed by atoms with E-state index < -0.39 is 14.5 Å². The number of fused-ring (bicyclic) bond motifs is 3. The van der Waals surface area contributed by atoms with Crippen LogP contribution in [-0.4, -0.2) is 8.42 Å². The Kier molecular flexibility index (Phi) is 3.14. The molecule has 0 aromatic heterocycles. The van der Waals surface area contributed by atoms with Crippen LogP contribution in [0.2, 0.25) is 0 Å². The summed E-state index contributed by atoms with van der Waals surface area (Å²) in [5, 5.41) is 0. The molecule has 4 heteroatoms. The highest BCUT2D eigenvalue weighted by Crippen LogP contribution is 2.44. The van der Waals surface area contributed by atoms with Gasteiger partial charge in [-0.05, 0) is 47.2 Å². The first-order valence-electron chi connectivity index (χ1n) is 6.46. The van der Waals surface area contributed by atoms with Crippen molar-refractivity contribution < 1.29 is 8.42 Å². The van der Waals surface area contributed by atoms with E-state index in [0.717, 1.165) is 27.8 Å². The summed E-state index contributed by atoms with van der Waals surface area (Å²) in [6.45, 7) is 4.01. The van der Waals surface area contributed by atoms with Crippen LogP contribution in [0.25, 0.3) is 11.1 Å². The average molecular weight is 307 g/mol. The summed E-state index contributed by atoms with van der Waals surface area (Å²) in [5.41, 5.74) is 5.66. The Bertz CT molecular complexity index is 794. The first-order valence-corrected chi connectivity index (χ1v) is 8.61. The van der Waals surface area contributed by atoms with E-state index >= 15 is 0 Å². The maximum absolute atomic E-state index is 12.4. The number of hydrogen-bond acceptors (Lipinski definition) is 2. The van der Waals surface area contributed by atoms with Crippen molar-refractivity contribution in [1.29, 1.82) is 0 Å². The molecule has 1 aliphatic rings. The SMILES string of the molecule is Cc1cccc2c1-c1c(C)cccc1[C@@H](Cl)S(=O)(=O)C2. The largest absolute Gasteiger partial charge is 0.227 e. The van der Waals surface area contributed by atoms with Crippen LogP contribution in [0.3, 0.4) is 0 Å². The van der Waals surface area contributed by atoms with Gasteiger partial charge in [0.15, 0.2) is 14.5 Å². The van der Waals surface area contributed by atoms with Gasteiger partial charge in [-0.15, -0.1) is 11.6 Å². The minimum atomic E-state index is -3.39. The van der Waals surface area contributed by atoms with Crippen molar-refractivity contribution >= 4 is 21.4 Å². The van der Waals surface area contributed by atoms with Crippen LogP contribution in [0.1, 0.15) is 27.0 Å². The number of halogens is 1. The zero-order valence-corrected chi connectivity index (χ0v) is 12.9. The zero-order chi connectivity index (χ0) is 14.5. The monoisotopic (exact) mass is 306 g/mol. The van der Waals surface area contributed by atoms with Gasteiger partial charge in [0.25, 0.3) is 0 Å². The molecular weight excluding hydrogens is 292 g/mol. The van der Waals surface area contributed by atoms with Crippen LogP contribution in [0.4, 0.5) is 0 Å². The van der Waals surface area contributed by atoms with E-state index in [9.17, 15) is 8.42 Å². The average Bonchev–Trinajstić information content (AvgIpc) is 2.46. The first-order chi connectivity index (χ1) is 9.42. The van der Waals surface area contributed by atoms with E-state index in [4.69, 9.17) is 11.6 Å². The maximum Gasteiger partial charge on any atom is 0.175 e. The molecule has 1 heterocycles. The number of benzene rings is 2. The van der Waals surface area contributed by atoms with Crippen LogP contribution in [0.15, 0.2) is 36.4 Å². The van der Waals surface area contributed by atoms with Gasteiger partial charge in [0.2, 0.25) is 0 Å².